The van der Waals surface area contributed by atoms with Crippen molar-refractivity contribution in [3.63, 3.8) is 0 Å². The number of benzene rings is 1. The first-order valence-corrected chi connectivity index (χ1v) is 6.32. The van der Waals surface area contributed by atoms with E-state index in [1.807, 2.05) is 19.1 Å². The molecule has 2 atom stereocenters. The first-order chi connectivity index (χ1) is 8.66. The van der Waals surface area contributed by atoms with Gasteiger partial charge in [0.15, 0.2) is 0 Å². The van der Waals surface area contributed by atoms with Crippen LogP contribution in [0.1, 0.15) is 40.1 Å². The standard InChI is InChI=1S/C14H17NO3/c1-8-5-15-6-13(18-8)10-3-4-11-12(9(10)2)7-17-14(11)16/h3-4,8,13,15H,5-7H2,1-2H3/t8-,13+/m1/s1. The zero-order valence-corrected chi connectivity index (χ0v) is 10.7. The zero-order chi connectivity index (χ0) is 12.7. The van der Waals surface area contributed by atoms with Crippen molar-refractivity contribution in [2.75, 3.05) is 13.1 Å². The van der Waals surface area contributed by atoms with Crippen LogP contribution < -0.4 is 5.32 Å². The highest BCUT2D eigenvalue weighted by Crippen LogP contribution is 2.31. The number of morpholine rings is 1. The van der Waals surface area contributed by atoms with Crippen molar-refractivity contribution in [2.24, 2.45) is 0 Å². The molecule has 0 radical (unpaired) electrons. The summed E-state index contributed by atoms with van der Waals surface area (Å²) in [5, 5.41) is 3.36. The van der Waals surface area contributed by atoms with Crippen molar-refractivity contribution in [3.8, 4) is 0 Å². The van der Waals surface area contributed by atoms with Gasteiger partial charge in [-0.2, -0.15) is 0 Å². The molecule has 0 spiro atoms. The third kappa shape index (κ3) is 1.82. The Labute approximate surface area is 106 Å². The Balaban J connectivity index is 1.96. The normalized spacial score (nSPS) is 26.9. The maximum Gasteiger partial charge on any atom is 0.338 e. The van der Waals surface area contributed by atoms with E-state index < -0.39 is 0 Å². The molecule has 96 valence electrons. The van der Waals surface area contributed by atoms with Gasteiger partial charge < -0.3 is 14.8 Å². The summed E-state index contributed by atoms with van der Waals surface area (Å²) in [5.74, 6) is -0.212. The number of hydrogen-bond donors (Lipinski definition) is 1. The topological polar surface area (TPSA) is 47.6 Å². The lowest BCUT2D eigenvalue weighted by Gasteiger charge is -2.30. The number of rotatable bonds is 1. The highest BCUT2D eigenvalue weighted by Gasteiger charge is 2.28. The lowest BCUT2D eigenvalue weighted by Crippen LogP contribution is -2.39. The third-order valence-corrected chi connectivity index (χ3v) is 3.71. The van der Waals surface area contributed by atoms with Gasteiger partial charge in [-0.3, -0.25) is 0 Å². The molecule has 0 aromatic heterocycles. The van der Waals surface area contributed by atoms with Crippen LogP contribution in [0.25, 0.3) is 0 Å². The number of ether oxygens (including phenoxy) is 2. The van der Waals surface area contributed by atoms with Gasteiger partial charge in [0.2, 0.25) is 0 Å². The summed E-state index contributed by atoms with van der Waals surface area (Å²) in [6.45, 7) is 6.21. The highest BCUT2D eigenvalue weighted by atomic mass is 16.5. The van der Waals surface area contributed by atoms with Crippen LogP contribution in [0.3, 0.4) is 0 Å². The van der Waals surface area contributed by atoms with E-state index in [1.54, 1.807) is 0 Å². The van der Waals surface area contributed by atoms with E-state index in [9.17, 15) is 4.79 Å². The molecule has 2 aliphatic heterocycles. The lowest BCUT2D eigenvalue weighted by atomic mass is 9.94. The minimum absolute atomic E-state index is 0.0646. The fraction of sp³-hybridized carbons (Fsp3) is 0.500. The van der Waals surface area contributed by atoms with Crippen LogP contribution in [0.5, 0.6) is 0 Å². The minimum atomic E-state index is -0.212. The molecule has 0 bridgehead atoms. The van der Waals surface area contributed by atoms with Gasteiger partial charge in [0.25, 0.3) is 0 Å². The predicted octanol–water partition coefficient (Wildman–Crippen LogP) is 1.71. The van der Waals surface area contributed by atoms with E-state index in [-0.39, 0.29) is 18.2 Å². The molecule has 1 N–H and O–H groups in total. The van der Waals surface area contributed by atoms with Crippen LogP contribution in [0, 0.1) is 6.92 Å². The van der Waals surface area contributed by atoms with Crippen LogP contribution in [0.4, 0.5) is 0 Å². The van der Waals surface area contributed by atoms with E-state index in [2.05, 4.69) is 12.2 Å². The molecule has 1 saturated heterocycles. The quantitative estimate of drug-likeness (QED) is 0.768. The summed E-state index contributed by atoms with van der Waals surface area (Å²) in [6.07, 6.45) is 0.282. The number of fused-ring (bicyclic) bond motifs is 1. The number of carbonyl (C=O) groups is 1. The third-order valence-electron chi connectivity index (χ3n) is 3.71. The number of nitrogens with one attached hydrogen (secondary N) is 1. The van der Waals surface area contributed by atoms with Gasteiger partial charge in [0.05, 0.1) is 17.8 Å². The number of cyclic esters (lactones) is 1. The van der Waals surface area contributed by atoms with Crippen LogP contribution in [0.15, 0.2) is 12.1 Å². The molecule has 3 rings (SSSR count). The first-order valence-electron chi connectivity index (χ1n) is 6.32. The minimum Gasteiger partial charge on any atom is -0.457 e. The van der Waals surface area contributed by atoms with E-state index >= 15 is 0 Å². The van der Waals surface area contributed by atoms with Gasteiger partial charge >= 0.3 is 5.97 Å². The SMILES string of the molecule is Cc1c([C@@H]2CNC[C@@H](C)O2)ccc2c1COC2=O. The van der Waals surface area contributed by atoms with Gasteiger partial charge in [-0.1, -0.05) is 6.07 Å². The van der Waals surface area contributed by atoms with Gasteiger partial charge in [-0.05, 0) is 31.0 Å². The first kappa shape index (κ1) is 11.7. The largest absolute Gasteiger partial charge is 0.457 e. The van der Waals surface area contributed by atoms with Gasteiger partial charge in [0.1, 0.15) is 6.61 Å². The molecule has 4 nitrogen and oxygen atoms in total. The molecule has 0 amide bonds. The van der Waals surface area contributed by atoms with Gasteiger partial charge in [-0.15, -0.1) is 0 Å². The Morgan fingerprint density at radius 2 is 2.17 bits per heavy atom. The van der Waals surface area contributed by atoms with Gasteiger partial charge in [-0.25, -0.2) is 4.79 Å². The monoisotopic (exact) mass is 247 g/mol. The fourth-order valence-corrected chi connectivity index (χ4v) is 2.69. The van der Waals surface area contributed by atoms with Crippen molar-refractivity contribution in [1.29, 1.82) is 0 Å². The molecule has 18 heavy (non-hydrogen) atoms. The number of carbonyl (C=O) groups excluding carboxylic acids is 1. The van der Waals surface area contributed by atoms with Crippen LogP contribution in [-0.2, 0) is 16.1 Å². The molecule has 2 aliphatic rings. The van der Waals surface area contributed by atoms with Crippen LogP contribution >= 0.6 is 0 Å². The van der Waals surface area contributed by atoms with Gasteiger partial charge in [0, 0.05) is 18.7 Å². The van der Waals surface area contributed by atoms with Crippen LogP contribution in [0.2, 0.25) is 0 Å². The van der Waals surface area contributed by atoms with E-state index in [1.165, 1.54) is 0 Å². The predicted molar refractivity (Wildman–Crippen MR) is 66.5 cm³/mol. The molecular weight excluding hydrogens is 230 g/mol. The average Bonchev–Trinajstić information content (AvgIpc) is 2.73. The zero-order valence-electron chi connectivity index (χ0n) is 10.7. The van der Waals surface area contributed by atoms with Crippen LogP contribution in [-0.4, -0.2) is 25.2 Å². The molecule has 0 unspecified atom stereocenters. The summed E-state index contributed by atoms with van der Waals surface area (Å²) in [7, 11) is 0. The van der Waals surface area contributed by atoms with E-state index in [4.69, 9.17) is 9.47 Å². The Morgan fingerprint density at radius 1 is 1.33 bits per heavy atom. The second-order valence-corrected chi connectivity index (χ2v) is 4.98. The molecule has 4 heteroatoms. The summed E-state index contributed by atoms with van der Waals surface area (Å²) >= 11 is 0. The smallest absolute Gasteiger partial charge is 0.338 e. The van der Waals surface area contributed by atoms with Crippen molar-refractivity contribution in [2.45, 2.75) is 32.7 Å². The second kappa shape index (κ2) is 4.37. The molecule has 0 saturated carbocycles. The Bertz CT molecular complexity index is 498. The highest BCUT2D eigenvalue weighted by molar-refractivity contribution is 5.93. The fourth-order valence-electron chi connectivity index (χ4n) is 2.69. The molecule has 0 aliphatic carbocycles. The van der Waals surface area contributed by atoms with Crippen molar-refractivity contribution in [1.82, 2.24) is 5.32 Å². The second-order valence-electron chi connectivity index (χ2n) is 4.98. The lowest BCUT2D eigenvalue weighted by molar-refractivity contribution is -0.0290. The molecule has 2 heterocycles. The number of esters is 1. The molecule has 1 fully saturated rings. The molecular formula is C14H17NO3. The molecule has 1 aromatic carbocycles. The summed E-state index contributed by atoms with van der Waals surface area (Å²) in [6, 6.07) is 3.85. The maximum absolute atomic E-state index is 11.5. The summed E-state index contributed by atoms with van der Waals surface area (Å²) < 4.78 is 11.0. The Morgan fingerprint density at radius 3 is 2.94 bits per heavy atom. The van der Waals surface area contributed by atoms with Crippen molar-refractivity contribution < 1.29 is 14.3 Å². The Hall–Kier alpha value is -1.39. The summed E-state index contributed by atoms with van der Waals surface area (Å²) in [5.41, 5.74) is 4.00. The maximum atomic E-state index is 11.5. The van der Waals surface area contributed by atoms with Crippen molar-refractivity contribution in [3.05, 3.63) is 34.4 Å². The Kier molecular flexibility index (Phi) is 2.84. The molecule has 1 aromatic rings. The average molecular weight is 247 g/mol. The van der Waals surface area contributed by atoms with Crippen molar-refractivity contribution >= 4 is 5.97 Å². The van der Waals surface area contributed by atoms with E-state index in [0.717, 1.165) is 29.8 Å². The van der Waals surface area contributed by atoms with E-state index in [0.29, 0.717) is 12.2 Å². The summed E-state index contributed by atoms with van der Waals surface area (Å²) in [4.78, 5) is 11.5. The number of hydrogen-bond acceptors (Lipinski definition) is 4.